The van der Waals surface area contributed by atoms with Crippen LogP contribution in [-0.4, -0.2) is 55.5 Å². The van der Waals surface area contributed by atoms with Gasteiger partial charge in [0.2, 0.25) is 0 Å². The van der Waals surface area contributed by atoms with Crippen molar-refractivity contribution in [3.63, 3.8) is 0 Å². The van der Waals surface area contributed by atoms with Crippen molar-refractivity contribution in [1.82, 2.24) is 4.90 Å². The van der Waals surface area contributed by atoms with Crippen molar-refractivity contribution >= 4 is 12.1 Å². The Labute approximate surface area is 125 Å². The van der Waals surface area contributed by atoms with Crippen molar-refractivity contribution in [2.45, 2.75) is 51.7 Å². The quantitative estimate of drug-likeness (QED) is 0.588. The van der Waals surface area contributed by atoms with Crippen LogP contribution in [-0.2, 0) is 19.0 Å². The Bertz CT molecular complexity index is 413. The smallest absolute Gasteiger partial charge is 0.410 e. The van der Waals surface area contributed by atoms with Gasteiger partial charge in [0.15, 0.2) is 0 Å². The molecule has 2 unspecified atom stereocenters. The molecule has 2 aliphatic rings. The van der Waals surface area contributed by atoms with E-state index in [1.807, 2.05) is 20.8 Å². The first-order chi connectivity index (χ1) is 9.76. The highest BCUT2D eigenvalue weighted by Crippen LogP contribution is 2.39. The highest BCUT2D eigenvalue weighted by molar-refractivity contribution is 5.79. The summed E-state index contributed by atoms with van der Waals surface area (Å²) >= 11 is 0. The molecule has 2 fully saturated rings. The molecule has 21 heavy (non-hydrogen) atoms. The number of nitrogens with zero attached hydrogens (tertiary/aromatic N) is 1. The lowest BCUT2D eigenvalue weighted by atomic mass is 9.76. The number of epoxide rings is 1. The fraction of sp³-hybridized carbons (Fsp3) is 0.867. The molecule has 1 amide bonds. The number of amides is 1. The zero-order valence-electron chi connectivity index (χ0n) is 13.3. The topological polar surface area (TPSA) is 68.4 Å². The number of rotatable bonds is 3. The summed E-state index contributed by atoms with van der Waals surface area (Å²) in [6.07, 6.45) is 1.84. The fourth-order valence-corrected chi connectivity index (χ4v) is 2.87. The molecule has 2 aliphatic heterocycles. The zero-order valence-corrected chi connectivity index (χ0v) is 13.3. The maximum Gasteiger partial charge on any atom is 0.410 e. The zero-order chi connectivity index (χ0) is 15.7. The van der Waals surface area contributed by atoms with Gasteiger partial charge in [0, 0.05) is 13.1 Å². The van der Waals surface area contributed by atoms with Crippen LogP contribution in [0, 0.1) is 5.41 Å². The van der Waals surface area contributed by atoms with Gasteiger partial charge in [-0.25, -0.2) is 4.79 Å². The predicted octanol–water partition coefficient (Wildman–Crippen LogP) is 1.97. The highest BCUT2D eigenvalue weighted by Gasteiger charge is 2.48. The molecule has 0 aromatic rings. The van der Waals surface area contributed by atoms with Crippen LogP contribution in [0.1, 0.15) is 40.0 Å². The van der Waals surface area contributed by atoms with Gasteiger partial charge in [0.25, 0.3) is 0 Å². The number of methoxy groups -OCH3 is 1. The fourth-order valence-electron chi connectivity index (χ4n) is 2.87. The molecule has 0 N–H and O–H groups in total. The van der Waals surface area contributed by atoms with Crippen LogP contribution in [0.5, 0.6) is 0 Å². The van der Waals surface area contributed by atoms with Crippen LogP contribution in [0.25, 0.3) is 0 Å². The Hall–Kier alpha value is -1.30. The van der Waals surface area contributed by atoms with Crippen LogP contribution in [0.4, 0.5) is 4.79 Å². The van der Waals surface area contributed by atoms with Gasteiger partial charge >= 0.3 is 12.1 Å². The molecule has 120 valence electrons. The minimum Gasteiger partial charge on any atom is -0.469 e. The number of piperidine rings is 1. The van der Waals surface area contributed by atoms with Gasteiger partial charge in [0.1, 0.15) is 5.60 Å². The van der Waals surface area contributed by atoms with Crippen molar-refractivity contribution in [3.05, 3.63) is 0 Å². The van der Waals surface area contributed by atoms with Crippen LogP contribution in [0.15, 0.2) is 0 Å². The number of hydrogen-bond acceptors (Lipinski definition) is 5. The molecular formula is C15H25NO5. The molecule has 2 saturated heterocycles. The Morgan fingerprint density at radius 2 is 2.05 bits per heavy atom. The van der Waals surface area contributed by atoms with Gasteiger partial charge in [0.05, 0.1) is 25.2 Å². The van der Waals surface area contributed by atoms with E-state index in [1.54, 1.807) is 4.90 Å². The Kier molecular flexibility index (Phi) is 4.46. The Balaban J connectivity index is 2.08. The van der Waals surface area contributed by atoms with Crippen LogP contribution in [0.2, 0.25) is 0 Å². The second kappa shape index (κ2) is 5.83. The molecule has 0 saturated carbocycles. The van der Waals surface area contributed by atoms with Gasteiger partial charge in [-0.3, -0.25) is 4.79 Å². The van der Waals surface area contributed by atoms with Crippen LogP contribution >= 0.6 is 0 Å². The van der Waals surface area contributed by atoms with Crippen molar-refractivity contribution in [3.8, 4) is 0 Å². The SMILES string of the molecule is COC(=O)C1(CC2CO2)CCCN(C(=O)OC(C)(C)C)C1. The second-order valence-corrected chi connectivity index (χ2v) is 6.94. The molecule has 0 aromatic carbocycles. The van der Waals surface area contributed by atoms with Gasteiger partial charge in [-0.15, -0.1) is 0 Å². The first kappa shape index (κ1) is 16.1. The molecule has 0 spiro atoms. The summed E-state index contributed by atoms with van der Waals surface area (Å²) in [7, 11) is 1.39. The monoisotopic (exact) mass is 299 g/mol. The molecule has 2 rings (SSSR count). The molecule has 0 bridgehead atoms. The van der Waals surface area contributed by atoms with E-state index in [0.717, 1.165) is 12.8 Å². The van der Waals surface area contributed by atoms with Crippen molar-refractivity contribution in [1.29, 1.82) is 0 Å². The first-order valence-corrected chi connectivity index (χ1v) is 7.44. The number of hydrogen-bond donors (Lipinski definition) is 0. The summed E-state index contributed by atoms with van der Waals surface area (Å²) in [6, 6.07) is 0. The average Bonchev–Trinajstić information content (AvgIpc) is 3.19. The molecule has 6 nitrogen and oxygen atoms in total. The van der Waals surface area contributed by atoms with Gasteiger partial charge in [-0.1, -0.05) is 0 Å². The standard InChI is InChI=1S/C15H25NO5/c1-14(2,3)21-13(18)16-7-5-6-15(10-16,12(17)19-4)8-11-9-20-11/h11H,5-10H2,1-4H3. The lowest BCUT2D eigenvalue weighted by Crippen LogP contribution is -2.52. The normalized spacial score (nSPS) is 29.0. The van der Waals surface area contributed by atoms with Crippen molar-refractivity contribution in [2.24, 2.45) is 5.41 Å². The van der Waals surface area contributed by atoms with E-state index in [9.17, 15) is 9.59 Å². The molecule has 0 aliphatic carbocycles. The number of esters is 1. The van der Waals surface area contributed by atoms with E-state index in [-0.39, 0.29) is 18.2 Å². The molecule has 6 heteroatoms. The minimum absolute atomic E-state index is 0.114. The average molecular weight is 299 g/mol. The lowest BCUT2D eigenvalue weighted by Gasteiger charge is -2.40. The first-order valence-electron chi connectivity index (χ1n) is 7.44. The second-order valence-electron chi connectivity index (χ2n) is 6.94. The van der Waals surface area contributed by atoms with Crippen molar-refractivity contribution < 1.29 is 23.8 Å². The summed E-state index contributed by atoms with van der Waals surface area (Å²) < 4.78 is 15.7. The van der Waals surface area contributed by atoms with Gasteiger partial charge in [-0.05, 0) is 40.0 Å². The highest BCUT2D eigenvalue weighted by atomic mass is 16.6. The van der Waals surface area contributed by atoms with Gasteiger partial charge < -0.3 is 19.1 Å². The van der Waals surface area contributed by atoms with E-state index in [1.165, 1.54) is 7.11 Å². The summed E-state index contributed by atoms with van der Waals surface area (Å²) in [4.78, 5) is 26.1. The molecular weight excluding hydrogens is 274 g/mol. The summed E-state index contributed by atoms with van der Waals surface area (Å²) in [5.41, 5.74) is -1.20. The van der Waals surface area contributed by atoms with E-state index in [2.05, 4.69) is 0 Å². The number of carbonyl (C=O) groups excluding carboxylic acids is 2. The third-order valence-corrected chi connectivity index (χ3v) is 3.87. The van der Waals surface area contributed by atoms with Crippen LogP contribution < -0.4 is 0 Å². The molecule has 0 aromatic heterocycles. The number of likely N-dealkylation sites (tertiary alicyclic amines) is 1. The largest absolute Gasteiger partial charge is 0.469 e. The third-order valence-electron chi connectivity index (χ3n) is 3.87. The molecule has 2 atom stereocenters. The minimum atomic E-state index is -0.662. The number of carbonyl (C=O) groups is 2. The van der Waals surface area contributed by atoms with Crippen molar-refractivity contribution in [2.75, 3.05) is 26.8 Å². The Morgan fingerprint density at radius 1 is 1.38 bits per heavy atom. The van der Waals surface area contributed by atoms with Crippen LogP contribution in [0.3, 0.4) is 0 Å². The summed E-state index contributed by atoms with van der Waals surface area (Å²) in [5, 5.41) is 0. The third kappa shape index (κ3) is 4.09. The predicted molar refractivity (Wildman–Crippen MR) is 75.8 cm³/mol. The Morgan fingerprint density at radius 3 is 2.57 bits per heavy atom. The molecule has 0 radical (unpaired) electrons. The van der Waals surface area contributed by atoms with E-state index >= 15 is 0 Å². The summed E-state index contributed by atoms with van der Waals surface area (Å²) in [5.74, 6) is -0.258. The summed E-state index contributed by atoms with van der Waals surface area (Å²) in [6.45, 7) is 7.14. The van der Waals surface area contributed by atoms with E-state index in [0.29, 0.717) is 26.1 Å². The maximum absolute atomic E-state index is 12.2. The lowest BCUT2D eigenvalue weighted by molar-refractivity contribution is -0.157. The maximum atomic E-state index is 12.2. The van der Waals surface area contributed by atoms with E-state index < -0.39 is 11.0 Å². The van der Waals surface area contributed by atoms with E-state index in [4.69, 9.17) is 14.2 Å². The number of ether oxygens (including phenoxy) is 3. The van der Waals surface area contributed by atoms with Gasteiger partial charge in [-0.2, -0.15) is 0 Å². The molecule has 2 heterocycles.